The van der Waals surface area contributed by atoms with E-state index >= 15 is 0 Å². The molecule has 0 unspecified atom stereocenters. The first kappa shape index (κ1) is 9.66. The van der Waals surface area contributed by atoms with Crippen LogP contribution in [0.15, 0.2) is 12.7 Å². The Labute approximate surface area is 75.6 Å². The van der Waals surface area contributed by atoms with E-state index in [4.69, 9.17) is 5.11 Å². The number of aromatic nitrogens is 3. The minimum absolute atomic E-state index is 0.132. The topological polar surface area (TPSA) is 80.0 Å². The van der Waals surface area contributed by atoms with Crippen molar-refractivity contribution in [2.24, 2.45) is 0 Å². The smallest absolute Gasteiger partial charge is 0.241 e. The summed E-state index contributed by atoms with van der Waals surface area (Å²) in [5, 5.41) is 15.2. The van der Waals surface area contributed by atoms with Gasteiger partial charge in [0.15, 0.2) is 0 Å². The molecule has 0 saturated heterocycles. The van der Waals surface area contributed by atoms with Crippen LogP contribution in [0, 0.1) is 0 Å². The molecule has 6 nitrogen and oxygen atoms in total. The van der Waals surface area contributed by atoms with E-state index in [1.807, 2.05) is 0 Å². The molecule has 0 fully saturated rings. The molecule has 1 aromatic heterocycles. The quantitative estimate of drug-likeness (QED) is 0.614. The van der Waals surface area contributed by atoms with E-state index < -0.39 is 6.10 Å². The second-order valence-electron chi connectivity index (χ2n) is 2.75. The number of aliphatic hydroxyl groups is 1. The first-order valence-electron chi connectivity index (χ1n) is 3.95. The first-order chi connectivity index (χ1) is 6.18. The van der Waals surface area contributed by atoms with Crippen molar-refractivity contribution in [2.45, 2.75) is 19.6 Å². The van der Waals surface area contributed by atoms with Crippen LogP contribution in [0.25, 0.3) is 0 Å². The highest BCUT2D eigenvalue weighted by atomic mass is 16.3. The lowest BCUT2D eigenvalue weighted by Gasteiger charge is -2.06. The monoisotopic (exact) mass is 184 g/mol. The summed E-state index contributed by atoms with van der Waals surface area (Å²) in [4.78, 5) is 14.8. The van der Waals surface area contributed by atoms with Gasteiger partial charge in [0.25, 0.3) is 0 Å². The van der Waals surface area contributed by atoms with E-state index in [1.54, 1.807) is 6.92 Å². The maximum atomic E-state index is 11.1. The summed E-state index contributed by atoms with van der Waals surface area (Å²) in [6, 6.07) is 0. The molecule has 0 aromatic carbocycles. The van der Waals surface area contributed by atoms with Gasteiger partial charge in [-0.2, -0.15) is 5.10 Å². The molecule has 1 amide bonds. The van der Waals surface area contributed by atoms with Crippen molar-refractivity contribution in [3.8, 4) is 0 Å². The molecular weight excluding hydrogens is 172 g/mol. The van der Waals surface area contributed by atoms with Crippen LogP contribution in [0.5, 0.6) is 0 Å². The summed E-state index contributed by atoms with van der Waals surface area (Å²) in [5.74, 6) is -0.189. The molecular formula is C7H12N4O2. The summed E-state index contributed by atoms with van der Waals surface area (Å²) in [5.41, 5.74) is 0. The van der Waals surface area contributed by atoms with Gasteiger partial charge in [0.1, 0.15) is 19.2 Å². The van der Waals surface area contributed by atoms with E-state index in [2.05, 4.69) is 15.4 Å². The highest BCUT2D eigenvalue weighted by Gasteiger charge is 2.03. The summed E-state index contributed by atoms with van der Waals surface area (Å²) in [6.45, 7) is 2.00. The van der Waals surface area contributed by atoms with E-state index in [-0.39, 0.29) is 19.0 Å². The van der Waals surface area contributed by atoms with E-state index in [1.165, 1.54) is 17.3 Å². The number of nitrogens with zero attached hydrogens (tertiary/aromatic N) is 3. The molecule has 0 aliphatic rings. The predicted molar refractivity (Wildman–Crippen MR) is 44.7 cm³/mol. The molecule has 2 N–H and O–H groups in total. The van der Waals surface area contributed by atoms with Crippen molar-refractivity contribution in [3.05, 3.63) is 12.7 Å². The molecule has 1 rings (SSSR count). The highest BCUT2D eigenvalue weighted by molar-refractivity contribution is 5.75. The largest absolute Gasteiger partial charge is 0.392 e. The van der Waals surface area contributed by atoms with Crippen molar-refractivity contribution in [1.29, 1.82) is 0 Å². The number of hydrogen-bond donors (Lipinski definition) is 2. The summed E-state index contributed by atoms with van der Waals surface area (Å²) >= 11 is 0. The van der Waals surface area contributed by atoms with E-state index in [0.29, 0.717) is 0 Å². The number of rotatable bonds is 4. The average Bonchev–Trinajstić information content (AvgIpc) is 2.53. The van der Waals surface area contributed by atoms with Gasteiger partial charge in [-0.15, -0.1) is 0 Å². The second kappa shape index (κ2) is 4.56. The fraction of sp³-hybridized carbons (Fsp3) is 0.571. The lowest BCUT2D eigenvalue weighted by Crippen LogP contribution is -2.33. The third-order valence-electron chi connectivity index (χ3n) is 1.37. The average molecular weight is 184 g/mol. The zero-order chi connectivity index (χ0) is 9.68. The molecule has 0 bridgehead atoms. The summed E-state index contributed by atoms with van der Waals surface area (Å²) in [7, 11) is 0. The molecule has 1 aromatic rings. The van der Waals surface area contributed by atoms with Crippen LogP contribution < -0.4 is 5.32 Å². The normalized spacial score (nSPS) is 12.5. The number of carbonyl (C=O) groups is 1. The van der Waals surface area contributed by atoms with Gasteiger partial charge < -0.3 is 10.4 Å². The number of hydrogen-bond acceptors (Lipinski definition) is 4. The Hall–Kier alpha value is -1.43. The standard InChI is InChI=1S/C7H12N4O2/c1-6(12)2-9-7(13)3-11-5-8-4-10-11/h4-6,12H,2-3H2,1H3,(H,9,13)/t6-/m0/s1. The molecule has 0 saturated carbocycles. The van der Waals surface area contributed by atoms with Crippen LogP contribution in [-0.4, -0.2) is 38.4 Å². The van der Waals surface area contributed by atoms with Gasteiger partial charge in [-0.1, -0.05) is 0 Å². The fourth-order valence-corrected chi connectivity index (χ4v) is 0.779. The lowest BCUT2D eigenvalue weighted by molar-refractivity contribution is -0.122. The summed E-state index contributed by atoms with van der Waals surface area (Å²) < 4.78 is 1.41. The molecule has 13 heavy (non-hydrogen) atoms. The van der Waals surface area contributed by atoms with Gasteiger partial charge in [-0.25, -0.2) is 9.67 Å². The van der Waals surface area contributed by atoms with Gasteiger partial charge in [0.05, 0.1) is 6.10 Å². The Kier molecular flexibility index (Phi) is 3.39. The van der Waals surface area contributed by atoms with Crippen molar-refractivity contribution < 1.29 is 9.90 Å². The number of amides is 1. The highest BCUT2D eigenvalue weighted by Crippen LogP contribution is 1.81. The van der Waals surface area contributed by atoms with Crippen LogP contribution >= 0.6 is 0 Å². The van der Waals surface area contributed by atoms with Gasteiger partial charge in [0.2, 0.25) is 5.91 Å². The molecule has 0 radical (unpaired) electrons. The Bertz CT molecular complexity index is 257. The lowest BCUT2D eigenvalue weighted by atomic mass is 10.4. The van der Waals surface area contributed by atoms with Gasteiger partial charge in [0, 0.05) is 6.54 Å². The van der Waals surface area contributed by atoms with Crippen molar-refractivity contribution in [3.63, 3.8) is 0 Å². The van der Waals surface area contributed by atoms with Gasteiger partial charge in [-0.3, -0.25) is 4.79 Å². The molecule has 1 heterocycles. The van der Waals surface area contributed by atoms with Crippen LogP contribution in [0.4, 0.5) is 0 Å². The minimum Gasteiger partial charge on any atom is -0.392 e. The number of carbonyl (C=O) groups excluding carboxylic acids is 1. The Morgan fingerprint density at radius 3 is 3.08 bits per heavy atom. The number of aliphatic hydroxyl groups excluding tert-OH is 1. The van der Waals surface area contributed by atoms with Crippen LogP contribution in [0.1, 0.15) is 6.92 Å². The van der Waals surface area contributed by atoms with E-state index in [9.17, 15) is 4.79 Å². The van der Waals surface area contributed by atoms with Crippen molar-refractivity contribution >= 4 is 5.91 Å². The third kappa shape index (κ3) is 3.66. The number of nitrogens with one attached hydrogen (secondary N) is 1. The van der Waals surface area contributed by atoms with Crippen LogP contribution in [-0.2, 0) is 11.3 Å². The van der Waals surface area contributed by atoms with Crippen LogP contribution in [0.2, 0.25) is 0 Å². The minimum atomic E-state index is -0.528. The van der Waals surface area contributed by atoms with Crippen molar-refractivity contribution in [1.82, 2.24) is 20.1 Å². The predicted octanol–water partition coefficient (Wildman–Crippen LogP) is -1.22. The SMILES string of the molecule is C[C@H](O)CNC(=O)Cn1cncn1. The fourth-order valence-electron chi connectivity index (χ4n) is 0.779. The maximum Gasteiger partial charge on any atom is 0.241 e. The van der Waals surface area contributed by atoms with Crippen LogP contribution in [0.3, 0.4) is 0 Å². The maximum absolute atomic E-state index is 11.1. The summed E-state index contributed by atoms with van der Waals surface area (Å²) in [6.07, 6.45) is 2.30. The molecule has 72 valence electrons. The molecule has 6 heteroatoms. The molecule has 0 spiro atoms. The first-order valence-corrected chi connectivity index (χ1v) is 3.95. The molecule has 1 atom stereocenters. The van der Waals surface area contributed by atoms with E-state index in [0.717, 1.165) is 0 Å². The Morgan fingerprint density at radius 2 is 2.54 bits per heavy atom. The zero-order valence-electron chi connectivity index (χ0n) is 7.34. The molecule has 0 aliphatic carbocycles. The zero-order valence-corrected chi connectivity index (χ0v) is 7.34. The molecule has 0 aliphatic heterocycles. The third-order valence-corrected chi connectivity index (χ3v) is 1.37. The Balaban J connectivity index is 2.26. The van der Waals surface area contributed by atoms with Gasteiger partial charge in [-0.05, 0) is 6.92 Å². The Morgan fingerprint density at radius 1 is 1.77 bits per heavy atom. The van der Waals surface area contributed by atoms with Gasteiger partial charge >= 0.3 is 0 Å². The second-order valence-corrected chi connectivity index (χ2v) is 2.75. The van der Waals surface area contributed by atoms with Crippen molar-refractivity contribution in [2.75, 3.05) is 6.54 Å².